The van der Waals surface area contributed by atoms with Crippen LogP contribution in [0.1, 0.15) is 36.5 Å². The molecule has 1 aliphatic rings. The Balaban J connectivity index is 1.82. The van der Waals surface area contributed by atoms with Crippen LogP contribution in [0.5, 0.6) is 0 Å². The molecular formula is C19H24N2O3. The molecular weight excluding hydrogens is 304 g/mol. The van der Waals surface area contributed by atoms with Gasteiger partial charge in [-0.25, -0.2) is 0 Å². The Morgan fingerprint density at radius 3 is 2.75 bits per heavy atom. The number of likely N-dealkylation sites (tertiary alicyclic amines) is 1. The minimum atomic E-state index is -0.320. The van der Waals surface area contributed by atoms with Gasteiger partial charge in [0.15, 0.2) is 0 Å². The monoisotopic (exact) mass is 328 g/mol. The molecule has 24 heavy (non-hydrogen) atoms. The SMILES string of the molecule is Cc1ccc2c(CC(=O)N3CC(C(N)=O)CCC3C)coc2c1C. The highest BCUT2D eigenvalue weighted by Crippen LogP contribution is 2.28. The van der Waals surface area contributed by atoms with Crippen LogP contribution < -0.4 is 5.73 Å². The van der Waals surface area contributed by atoms with Crippen molar-refractivity contribution in [1.82, 2.24) is 4.90 Å². The van der Waals surface area contributed by atoms with Crippen molar-refractivity contribution in [2.75, 3.05) is 6.54 Å². The lowest BCUT2D eigenvalue weighted by Crippen LogP contribution is -2.49. The second-order valence-electron chi connectivity index (χ2n) is 6.89. The number of carbonyl (C=O) groups excluding carboxylic acids is 2. The Bertz CT molecular complexity index is 793. The first-order valence-electron chi connectivity index (χ1n) is 8.43. The quantitative estimate of drug-likeness (QED) is 0.941. The Kier molecular flexibility index (Phi) is 4.35. The molecule has 2 amide bonds. The maximum Gasteiger partial charge on any atom is 0.227 e. The van der Waals surface area contributed by atoms with Crippen LogP contribution in [0.3, 0.4) is 0 Å². The number of rotatable bonds is 3. The summed E-state index contributed by atoms with van der Waals surface area (Å²) < 4.78 is 5.69. The van der Waals surface area contributed by atoms with Gasteiger partial charge >= 0.3 is 0 Å². The fraction of sp³-hybridized carbons (Fsp3) is 0.474. The van der Waals surface area contributed by atoms with Crippen LogP contribution in [0.15, 0.2) is 22.8 Å². The molecule has 128 valence electrons. The molecule has 1 fully saturated rings. The number of aryl methyl sites for hydroxylation is 2. The maximum absolute atomic E-state index is 12.8. The van der Waals surface area contributed by atoms with Crippen LogP contribution in [0, 0.1) is 19.8 Å². The van der Waals surface area contributed by atoms with Crippen LogP contribution in [-0.4, -0.2) is 29.3 Å². The molecule has 0 spiro atoms. The van der Waals surface area contributed by atoms with E-state index in [-0.39, 0.29) is 30.2 Å². The molecule has 1 aromatic heterocycles. The molecule has 0 radical (unpaired) electrons. The molecule has 2 aromatic rings. The van der Waals surface area contributed by atoms with Gasteiger partial charge in [0.05, 0.1) is 18.6 Å². The van der Waals surface area contributed by atoms with Gasteiger partial charge in [-0.2, -0.15) is 0 Å². The van der Waals surface area contributed by atoms with E-state index in [9.17, 15) is 9.59 Å². The summed E-state index contributed by atoms with van der Waals surface area (Å²) in [6, 6.07) is 4.19. The molecule has 2 heterocycles. The van der Waals surface area contributed by atoms with Gasteiger partial charge in [0.2, 0.25) is 11.8 Å². The molecule has 1 aliphatic heterocycles. The summed E-state index contributed by atoms with van der Waals surface area (Å²) >= 11 is 0. The molecule has 5 nitrogen and oxygen atoms in total. The maximum atomic E-state index is 12.8. The van der Waals surface area contributed by atoms with Crippen LogP contribution in [0.2, 0.25) is 0 Å². The zero-order valence-electron chi connectivity index (χ0n) is 14.5. The van der Waals surface area contributed by atoms with Crippen molar-refractivity contribution >= 4 is 22.8 Å². The second-order valence-corrected chi connectivity index (χ2v) is 6.89. The summed E-state index contributed by atoms with van der Waals surface area (Å²) in [5, 5.41) is 0.988. The van der Waals surface area contributed by atoms with Gasteiger partial charge in [-0.05, 0) is 44.7 Å². The Labute approximate surface area is 141 Å². The van der Waals surface area contributed by atoms with Crippen LogP contribution in [-0.2, 0) is 16.0 Å². The van der Waals surface area contributed by atoms with Gasteiger partial charge in [-0.1, -0.05) is 12.1 Å². The van der Waals surface area contributed by atoms with E-state index in [1.807, 2.05) is 32.9 Å². The number of benzene rings is 1. The van der Waals surface area contributed by atoms with E-state index in [1.165, 1.54) is 5.56 Å². The van der Waals surface area contributed by atoms with E-state index in [4.69, 9.17) is 10.2 Å². The number of carbonyl (C=O) groups is 2. The summed E-state index contributed by atoms with van der Waals surface area (Å²) in [6.07, 6.45) is 3.53. The van der Waals surface area contributed by atoms with E-state index in [0.717, 1.165) is 34.9 Å². The van der Waals surface area contributed by atoms with Gasteiger partial charge in [0.1, 0.15) is 5.58 Å². The van der Waals surface area contributed by atoms with E-state index >= 15 is 0 Å². The van der Waals surface area contributed by atoms with E-state index in [1.54, 1.807) is 11.2 Å². The lowest BCUT2D eigenvalue weighted by molar-refractivity contribution is -0.136. The number of piperidine rings is 1. The van der Waals surface area contributed by atoms with Gasteiger partial charge in [-0.15, -0.1) is 0 Å². The molecule has 0 bridgehead atoms. The van der Waals surface area contributed by atoms with Crippen molar-refractivity contribution in [3.8, 4) is 0 Å². The van der Waals surface area contributed by atoms with Crippen molar-refractivity contribution in [2.45, 2.75) is 46.1 Å². The number of nitrogens with two attached hydrogens (primary N) is 1. The highest BCUT2D eigenvalue weighted by molar-refractivity contribution is 5.90. The van der Waals surface area contributed by atoms with E-state index in [2.05, 4.69) is 0 Å². The number of nitrogens with zero attached hydrogens (tertiary/aromatic N) is 1. The van der Waals surface area contributed by atoms with Crippen molar-refractivity contribution in [1.29, 1.82) is 0 Å². The first-order chi connectivity index (χ1) is 11.4. The molecule has 2 unspecified atom stereocenters. The summed E-state index contributed by atoms with van der Waals surface area (Å²) in [6.45, 7) is 6.51. The Morgan fingerprint density at radius 2 is 2.04 bits per heavy atom. The number of furan rings is 1. The first kappa shape index (κ1) is 16.6. The summed E-state index contributed by atoms with van der Waals surface area (Å²) in [5.74, 6) is -0.537. The average Bonchev–Trinajstić information content (AvgIpc) is 2.94. The minimum Gasteiger partial charge on any atom is -0.464 e. The molecule has 1 saturated heterocycles. The van der Waals surface area contributed by atoms with Crippen LogP contribution >= 0.6 is 0 Å². The third-order valence-corrected chi connectivity index (χ3v) is 5.29. The number of primary amides is 1. The van der Waals surface area contributed by atoms with Crippen molar-refractivity contribution in [2.24, 2.45) is 11.7 Å². The fourth-order valence-corrected chi connectivity index (χ4v) is 3.48. The third kappa shape index (κ3) is 2.90. The number of hydrogen-bond donors (Lipinski definition) is 1. The van der Waals surface area contributed by atoms with Gasteiger partial charge in [0, 0.05) is 23.5 Å². The van der Waals surface area contributed by atoms with Gasteiger partial charge in [0.25, 0.3) is 0 Å². The second kappa shape index (κ2) is 6.30. The molecule has 2 N–H and O–H groups in total. The van der Waals surface area contributed by atoms with E-state index < -0.39 is 0 Å². The number of hydrogen-bond acceptors (Lipinski definition) is 3. The molecule has 1 aromatic carbocycles. The van der Waals surface area contributed by atoms with Gasteiger partial charge < -0.3 is 15.1 Å². The van der Waals surface area contributed by atoms with Crippen molar-refractivity contribution < 1.29 is 14.0 Å². The summed E-state index contributed by atoms with van der Waals surface area (Å²) in [4.78, 5) is 26.0. The minimum absolute atomic E-state index is 0.0226. The molecule has 3 rings (SSSR count). The Morgan fingerprint density at radius 1 is 1.29 bits per heavy atom. The largest absolute Gasteiger partial charge is 0.464 e. The smallest absolute Gasteiger partial charge is 0.227 e. The Hall–Kier alpha value is -2.30. The van der Waals surface area contributed by atoms with Gasteiger partial charge in [-0.3, -0.25) is 9.59 Å². The highest BCUT2D eigenvalue weighted by atomic mass is 16.3. The topological polar surface area (TPSA) is 76.5 Å². The average molecular weight is 328 g/mol. The zero-order valence-corrected chi connectivity index (χ0v) is 14.5. The normalized spacial score (nSPS) is 21.2. The van der Waals surface area contributed by atoms with E-state index in [0.29, 0.717) is 6.54 Å². The lowest BCUT2D eigenvalue weighted by Gasteiger charge is -2.37. The fourth-order valence-electron chi connectivity index (χ4n) is 3.48. The van der Waals surface area contributed by atoms with Crippen molar-refractivity contribution in [3.63, 3.8) is 0 Å². The molecule has 5 heteroatoms. The summed E-state index contributed by atoms with van der Waals surface area (Å²) in [7, 11) is 0. The van der Waals surface area contributed by atoms with Crippen LogP contribution in [0.4, 0.5) is 0 Å². The predicted molar refractivity (Wildman–Crippen MR) is 92.5 cm³/mol. The molecule has 0 aliphatic carbocycles. The molecule has 0 saturated carbocycles. The summed E-state index contributed by atoms with van der Waals surface area (Å²) in [5.41, 5.74) is 9.44. The van der Waals surface area contributed by atoms with Crippen LogP contribution in [0.25, 0.3) is 11.0 Å². The number of fused-ring (bicyclic) bond motifs is 1. The van der Waals surface area contributed by atoms with Crippen molar-refractivity contribution in [3.05, 3.63) is 35.1 Å². The lowest BCUT2D eigenvalue weighted by atomic mass is 9.92. The highest BCUT2D eigenvalue weighted by Gasteiger charge is 2.31. The first-order valence-corrected chi connectivity index (χ1v) is 8.43. The number of amides is 2. The molecule has 2 atom stereocenters. The zero-order chi connectivity index (χ0) is 17.4. The third-order valence-electron chi connectivity index (χ3n) is 5.29. The standard InChI is InChI=1S/C19H24N2O3/c1-11-4-7-16-15(10-24-18(16)13(11)3)8-17(22)21-9-14(19(20)23)6-5-12(21)2/h4,7,10,12,14H,5-6,8-9H2,1-3H3,(H2,20,23). The predicted octanol–water partition coefficient (Wildman–Crippen LogP) is 2.70.